The van der Waals surface area contributed by atoms with Crippen LogP contribution in [0.25, 0.3) is 22.2 Å². The molecule has 5 rings (SSSR count). The number of hydrogen-bond donors (Lipinski definition) is 5. The van der Waals surface area contributed by atoms with Crippen molar-refractivity contribution >= 4 is 34.1 Å². The van der Waals surface area contributed by atoms with Crippen LogP contribution in [-0.2, 0) is 4.79 Å². The number of ether oxygens (including phenoxy) is 1. The Balaban J connectivity index is 1.61. The van der Waals surface area contributed by atoms with Crippen LogP contribution < -0.4 is 26.8 Å². The van der Waals surface area contributed by atoms with Crippen molar-refractivity contribution in [3.63, 3.8) is 0 Å². The molecule has 0 spiro atoms. The maximum atomic E-state index is 14.4. The normalized spacial score (nSPS) is 16.2. The number of aromatic amines is 1. The Morgan fingerprint density at radius 2 is 2.00 bits per heavy atom. The van der Waals surface area contributed by atoms with Gasteiger partial charge in [-0.15, -0.1) is 0 Å². The molecule has 160 valence electrons. The fourth-order valence-electron chi connectivity index (χ4n) is 4.12. The first-order valence-electron chi connectivity index (χ1n) is 10.1. The van der Waals surface area contributed by atoms with Crippen molar-refractivity contribution in [3.05, 3.63) is 41.7 Å². The summed E-state index contributed by atoms with van der Waals surface area (Å²) >= 11 is 0. The molecule has 2 aliphatic rings. The Morgan fingerprint density at radius 1 is 1.19 bits per heavy atom. The Kier molecular flexibility index (Phi) is 4.46. The molecular weight excluding hydrogens is 401 g/mol. The number of aromatic nitrogens is 1. The molecule has 1 atom stereocenters. The third-order valence-corrected chi connectivity index (χ3v) is 5.77. The second-order valence-electron chi connectivity index (χ2n) is 7.97. The summed E-state index contributed by atoms with van der Waals surface area (Å²) in [7, 11) is 0. The number of primary amides is 2. The monoisotopic (exact) mass is 423 g/mol. The minimum absolute atomic E-state index is 0.160. The van der Waals surface area contributed by atoms with Crippen molar-refractivity contribution in [2.75, 3.05) is 23.8 Å². The molecule has 1 saturated carbocycles. The molecule has 0 saturated heterocycles. The molecule has 8 nitrogen and oxygen atoms in total. The second kappa shape index (κ2) is 7.19. The van der Waals surface area contributed by atoms with Gasteiger partial charge in [0.25, 0.3) is 5.91 Å². The summed E-state index contributed by atoms with van der Waals surface area (Å²) in [5.74, 6) is -0.985. The van der Waals surface area contributed by atoms with Gasteiger partial charge in [-0.25, -0.2) is 4.39 Å². The number of carbonyl (C=O) groups excluding carboxylic acids is 2. The highest BCUT2D eigenvalue weighted by atomic mass is 19.1. The first kappa shape index (κ1) is 19.2. The number of halogens is 1. The molecule has 1 aromatic heterocycles. The fourth-order valence-corrected chi connectivity index (χ4v) is 4.12. The van der Waals surface area contributed by atoms with Crippen molar-refractivity contribution in [2.45, 2.75) is 18.9 Å². The second-order valence-corrected chi connectivity index (χ2v) is 7.97. The van der Waals surface area contributed by atoms with Crippen molar-refractivity contribution in [1.29, 1.82) is 0 Å². The predicted octanol–water partition coefficient (Wildman–Crippen LogP) is 2.55. The smallest absolute Gasteiger partial charge is 0.251 e. The van der Waals surface area contributed by atoms with E-state index in [-0.39, 0.29) is 17.4 Å². The number of benzene rings is 2. The number of nitrogens with one attached hydrogen (secondary N) is 3. The highest BCUT2D eigenvalue weighted by Gasteiger charge is 2.35. The summed E-state index contributed by atoms with van der Waals surface area (Å²) < 4.78 is 20.3. The van der Waals surface area contributed by atoms with Gasteiger partial charge in [-0.2, -0.15) is 0 Å². The number of nitrogens with two attached hydrogens (primary N) is 2. The SMILES string of the molecule is NC(=O)c1ccc(-c2[nH]c3cc(N[C@H](C(N)=O)C4CC4)cc4c3c2NCCO4)cc1F. The zero-order valence-corrected chi connectivity index (χ0v) is 16.6. The molecule has 2 heterocycles. The van der Waals surface area contributed by atoms with Gasteiger partial charge in [0.15, 0.2) is 0 Å². The molecular formula is C22H22FN5O3. The van der Waals surface area contributed by atoms with E-state index in [1.165, 1.54) is 12.1 Å². The maximum absolute atomic E-state index is 14.4. The molecule has 2 aromatic carbocycles. The van der Waals surface area contributed by atoms with Gasteiger partial charge >= 0.3 is 0 Å². The van der Waals surface area contributed by atoms with Gasteiger partial charge in [0.05, 0.1) is 27.8 Å². The van der Waals surface area contributed by atoms with Crippen molar-refractivity contribution in [1.82, 2.24) is 4.98 Å². The van der Waals surface area contributed by atoms with Crippen LogP contribution in [0.5, 0.6) is 5.75 Å². The Labute approximate surface area is 177 Å². The van der Waals surface area contributed by atoms with Crippen LogP contribution in [0.3, 0.4) is 0 Å². The fraction of sp³-hybridized carbons (Fsp3) is 0.273. The molecule has 0 bridgehead atoms. The lowest BCUT2D eigenvalue weighted by Gasteiger charge is -2.17. The van der Waals surface area contributed by atoms with Gasteiger partial charge < -0.3 is 31.8 Å². The summed E-state index contributed by atoms with van der Waals surface area (Å²) in [6, 6.07) is 7.61. The maximum Gasteiger partial charge on any atom is 0.251 e. The number of rotatable bonds is 6. The first-order chi connectivity index (χ1) is 14.9. The van der Waals surface area contributed by atoms with Crippen molar-refractivity contribution in [3.8, 4) is 17.0 Å². The molecule has 1 fully saturated rings. The molecule has 2 amide bonds. The van der Waals surface area contributed by atoms with Gasteiger partial charge in [-0.1, -0.05) is 6.07 Å². The van der Waals surface area contributed by atoms with E-state index in [4.69, 9.17) is 16.2 Å². The van der Waals surface area contributed by atoms with Crippen molar-refractivity contribution in [2.24, 2.45) is 17.4 Å². The van der Waals surface area contributed by atoms with Crippen LogP contribution in [0.15, 0.2) is 30.3 Å². The lowest BCUT2D eigenvalue weighted by atomic mass is 10.1. The van der Waals surface area contributed by atoms with Crippen LogP contribution in [0.4, 0.5) is 15.8 Å². The van der Waals surface area contributed by atoms with Gasteiger partial charge in [0, 0.05) is 23.9 Å². The summed E-state index contributed by atoms with van der Waals surface area (Å²) in [5.41, 5.74) is 14.1. The summed E-state index contributed by atoms with van der Waals surface area (Å²) in [6.07, 6.45) is 1.94. The molecule has 7 N–H and O–H groups in total. The molecule has 1 aliphatic carbocycles. The first-order valence-corrected chi connectivity index (χ1v) is 10.1. The summed E-state index contributed by atoms with van der Waals surface area (Å²) in [6.45, 7) is 1.01. The number of carbonyl (C=O) groups is 2. The Bertz CT molecular complexity index is 1220. The van der Waals surface area contributed by atoms with Crippen LogP contribution in [0.1, 0.15) is 23.2 Å². The van der Waals surface area contributed by atoms with E-state index in [2.05, 4.69) is 15.6 Å². The lowest BCUT2D eigenvalue weighted by molar-refractivity contribution is -0.119. The molecule has 3 aromatic rings. The topological polar surface area (TPSA) is 135 Å². The molecule has 31 heavy (non-hydrogen) atoms. The van der Waals surface area contributed by atoms with E-state index in [0.717, 1.165) is 35.1 Å². The molecule has 0 unspecified atom stereocenters. The average Bonchev–Trinajstić information content (AvgIpc) is 3.52. The zero-order chi connectivity index (χ0) is 21.7. The molecule has 1 aliphatic heterocycles. The highest BCUT2D eigenvalue weighted by molar-refractivity contribution is 6.06. The van der Waals surface area contributed by atoms with Crippen LogP contribution in [-0.4, -0.2) is 36.0 Å². The number of H-pyrrole nitrogens is 1. The van der Waals surface area contributed by atoms with E-state index in [1.54, 1.807) is 6.07 Å². The van der Waals surface area contributed by atoms with Gasteiger partial charge in [0.1, 0.15) is 24.2 Å². The molecule has 0 radical (unpaired) electrons. The summed E-state index contributed by atoms with van der Waals surface area (Å²) in [4.78, 5) is 26.5. The zero-order valence-electron chi connectivity index (χ0n) is 16.6. The minimum atomic E-state index is -0.817. The lowest BCUT2D eigenvalue weighted by Crippen LogP contribution is -2.37. The number of hydrogen-bond acceptors (Lipinski definition) is 5. The van der Waals surface area contributed by atoms with E-state index >= 15 is 0 Å². The van der Waals surface area contributed by atoms with Gasteiger partial charge in [0.2, 0.25) is 5.91 Å². The van der Waals surface area contributed by atoms with E-state index in [0.29, 0.717) is 30.2 Å². The van der Waals surface area contributed by atoms with Gasteiger partial charge in [-0.05, 0) is 37.0 Å². The highest BCUT2D eigenvalue weighted by Crippen LogP contribution is 2.43. The standard InChI is InChI=1S/C22H22FN5O3/c23-14-7-11(3-4-13(14)21(24)29)18-20-17-15(28-18)8-12(9-16(17)31-6-5-26-20)27-19(22(25)30)10-1-2-10/h3-4,7-10,19,26-28H,1-2,5-6H2,(H2,24,29)(H2,25,30)/t19-/m0/s1. The summed E-state index contributed by atoms with van der Waals surface area (Å²) in [5, 5.41) is 7.41. The van der Waals surface area contributed by atoms with Crippen LogP contribution in [0.2, 0.25) is 0 Å². The third-order valence-electron chi connectivity index (χ3n) is 5.77. The van der Waals surface area contributed by atoms with Crippen LogP contribution in [0, 0.1) is 11.7 Å². The number of anilines is 2. The quantitative estimate of drug-likeness (QED) is 0.415. The average molecular weight is 423 g/mol. The third kappa shape index (κ3) is 3.41. The number of amides is 2. The van der Waals surface area contributed by atoms with Crippen molar-refractivity contribution < 1.29 is 18.7 Å². The Hall–Kier alpha value is -3.75. The van der Waals surface area contributed by atoms with Crippen LogP contribution >= 0.6 is 0 Å². The van der Waals surface area contributed by atoms with E-state index in [1.807, 2.05) is 12.1 Å². The minimum Gasteiger partial charge on any atom is -0.491 e. The van der Waals surface area contributed by atoms with E-state index < -0.39 is 17.8 Å². The van der Waals surface area contributed by atoms with Gasteiger partial charge in [-0.3, -0.25) is 9.59 Å². The molecule has 9 heteroatoms. The Morgan fingerprint density at radius 3 is 2.68 bits per heavy atom. The predicted molar refractivity (Wildman–Crippen MR) is 116 cm³/mol. The largest absolute Gasteiger partial charge is 0.491 e. The van der Waals surface area contributed by atoms with E-state index in [9.17, 15) is 14.0 Å².